The molecule has 0 saturated carbocycles. The van der Waals surface area contributed by atoms with Crippen LogP contribution in [-0.2, 0) is 0 Å². The van der Waals surface area contributed by atoms with Crippen molar-refractivity contribution in [2.24, 2.45) is 0 Å². The van der Waals surface area contributed by atoms with Crippen molar-refractivity contribution in [1.82, 2.24) is 14.5 Å². The summed E-state index contributed by atoms with van der Waals surface area (Å²) >= 11 is 3.78. The number of thiophene rings is 2. The largest absolute Gasteiger partial charge is 0.276 e. The monoisotopic (exact) mass is 609 g/mol. The summed E-state index contributed by atoms with van der Waals surface area (Å²) in [5, 5.41) is 6.08. The van der Waals surface area contributed by atoms with Gasteiger partial charge in [0, 0.05) is 37.2 Å². The van der Waals surface area contributed by atoms with E-state index < -0.39 is 0 Å². The lowest BCUT2D eigenvalue weighted by Gasteiger charge is -2.12. The molecule has 0 bridgehead atoms. The van der Waals surface area contributed by atoms with Crippen LogP contribution in [0.2, 0.25) is 0 Å². The van der Waals surface area contributed by atoms with Gasteiger partial charge >= 0.3 is 0 Å². The van der Waals surface area contributed by atoms with E-state index >= 15 is 0 Å². The van der Waals surface area contributed by atoms with Crippen molar-refractivity contribution in [3.63, 3.8) is 0 Å². The van der Waals surface area contributed by atoms with Crippen LogP contribution in [0.25, 0.3) is 90.6 Å². The third-order valence-corrected chi connectivity index (χ3v) is 11.4. The van der Waals surface area contributed by atoms with E-state index in [2.05, 4.69) is 138 Å². The van der Waals surface area contributed by atoms with Crippen molar-refractivity contribution in [3.05, 3.63) is 140 Å². The average Bonchev–Trinajstić information content (AvgIpc) is 3.76. The molecule has 0 saturated heterocycles. The summed E-state index contributed by atoms with van der Waals surface area (Å²) in [6.07, 6.45) is 0. The fraction of sp³-hybridized carbons (Fsp3) is 0. The number of hydrogen-bond donors (Lipinski definition) is 0. The molecule has 0 radical (unpaired) electrons. The van der Waals surface area contributed by atoms with Crippen LogP contribution in [0, 0.1) is 0 Å². The highest BCUT2D eigenvalue weighted by Gasteiger charge is 2.22. The minimum absolute atomic E-state index is 0.689. The molecule has 10 aromatic rings. The minimum atomic E-state index is 0.689. The summed E-state index contributed by atoms with van der Waals surface area (Å²) in [5.74, 6) is 0.689. The molecule has 0 aliphatic carbocycles. The van der Waals surface area contributed by atoms with Crippen molar-refractivity contribution in [3.8, 4) is 28.3 Å². The van der Waals surface area contributed by atoms with Gasteiger partial charge in [0.25, 0.3) is 0 Å². The molecule has 0 amide bonds. The summed E-state index contributed by atoms with van der Waals surface area (Å²) in [5.41, 5.74) is 7.63. The Balaban J connectivity index is 1.36. The number of benzene rings is 6. The van der Waals surface area contributed by atoms with Crippen molar-refractivity contribution in [1.29, 1.82) is 0 Å². The van der Waals surface area contributed by atoms with E-state index in [0.717, 1.165) is 27.7 Å². The number of para-hydroxylation sites is 1. The third-order valence-electron chi connectivity index (χ3n) is 8.83. The highest BCUT2D eigenvalue weighted by Crippen LogP contribution is 2.48. The molecule has 0 fully saturated rings. The van der Waals surface area contributed by atoms with E-state index in [4.69, 9.17) is 9.97 Å². The molecule has 0 atom stereocenters. The van der Waals surface area contributed by atoms with Crippen LogP contribution in [0.15, 0.2) is 140 Å². The second kappa shape index (κ2) is 9.57. The fourth-order valence-corrected chi connectivity index (χ4v) is 9.54. The Labute approximate surface area is 266 Å². The number of rotatable bonds is 3. The number of hydrogen-bond acceptors (Lipinski definition) is 4. The molecular weight excluding hydrogens is 587 g/mol. The van der Waals surface area contributed by atoms with Gasteiger partial charge in [0.15, 0.2) is 0 Å². The molecule has 10 rings (SSSR count). The second-order valence-electron chi connectivity index (χ2n) is 11.4. The number of fused-ring (bicyclic) bond motifs is 10. The molecule has 3 nitrogen and oxygen atoms in total. The van der Waals surface area contributed by atoms with Crippen LogP contribution in [0.4, 0.5) is 0 Å². The maximum absolute atomic E-state index is 5.35. The molecule has 5 heteroatoms. The van der Waals surface area contributed by atoms with E-state index in [-0.39, 0.29) is 0 Å². The van der Waals surface area contributed by atoms with E-state index in [9.17, 15) is 0 Å². The van der Waals surface area contributed by atoms with E-state index in [0.29, 0.717) is 5.95 Å². The van der Waals surface area contributed by atoms with Crippen LogP contribution in [0.5, 0.6) is 0 Å². The summed E-state index contributed by atoms with van der Waals surface area (Å²) in [6, 6.07) is 49.6. The van der Waals surface area contributed by atoms with Gasteiger partial charge in [0.2, 0.25) is 5.95 Å². The highest BCUT2D eigenvalue weighted by atomic mass is 32.1. The quantitative estimate of drug-likeness (QED) is 0.199. The van der Waals surface area contributed by atoms with Gasteiger partial charge in [-0.25, -0.2) is 9.97 Å². The zero-order chi connectivity index (χ0) is 29.5. The van der Waals surface area contributed by atoms with E-state index in [1.807, 2.05) is 28.7 Å². The summed E-state index contributed by atoms with van der Waals surface area (Å²) in [4.78, 5) is 10.6. The predicted octanol–water partition coefficient (Wildman–Crippen LogP) is 11.6. The molecule has 210 valence electrons. The summed E-state index contributed by atoms with van der Waals surface area (Å²) in [6.45, 7) is 0. The van der Waals surface area contributed by atoms with E-state index in [1.165, 1.54) is 57.0 Å². The Morgan fingerprint density at radius 3 is 1.98 bits per heavy atom. The highest BCUT2D eigenvalue weighted by molar-refractivity contribution is 7.37. The van der Waals surface area contributed by atoms with Crippen LogP contribution in [-0.4, -0.2) is 14.5 Å². The van der Waals surface area contributed by atoms with Gasteiger partial charge in [0.1, 0.15) is 0 Å². The molecule has 0 N–H and O–H groups in total. The molecule has 6 aromatic carbocycles. The van der Waals surface area contributed by atoms with Gasteiger partial charge in [-0.1, -0.05) is 115 Å². The number of nitrogens with zero attached hydrogens (tertiary/aromatic N) is 3. The lowest BCUT2D eigenvalue weighted by molar-refractivity contribution is 1.02. The van der Waals surface area contributed by atoms with Gasteiger partial charge in [0.05, 0.1) is 36.3 Å². The molecule has 0 spiro atoms. The molecule has 4 heterocycles. The predicted molar refractivity (Wildman–Crippen MR) is 193 cm³/mol. The topological polar surface area (TPSA) is 30.7 Å². The van der Waals surface area contributed by atoms with Gasteiger partial charge in [-0.2, -0.15) is 0 Å². The molecule has 0 aliphatic rings. The summed E-state index contributed by atoms with van der Waals surface area (Å²) in [7, 11) is 0. The van der Waals surface area contributed by atoms with Crippen molar-refractivity contribution < 1.29 is 0 Å². The SMILES string of the molecule is c1ccc(-c2ccc3c(c2)c2ccc4c5sc6ccccc6c5sc4c2n3-c2nc(-c3ccccc3)c3ccccc3n2)cc1. The Kier molecular flexibility index (Phi) is 5.32. The normalized spacial score (nSPS) is 12.0. The molecule has 0 unspecified atom stereocenters. The van der Waals surface area contributed by atoms with Gasteiger partial charge in [-0.15, -0.1) is 22.7 Å². The minimum Gasteiger partial charge on any atom is -0.276 e. The van der Waals surface area contributed by atoms with Crippen LogP contribution < -0.4 is 0 Å². The molecular formula is C40H23N3S2. The molecule has 0 aliphatic heterocycles. The lowest BCUT2D eigenvalue weighted by atomic mass is 10.0. The zero-order valence-electron chi connectivity index (χ0n) is 23.9. The third kappa shape index (κ3) is 3.69. The molecule has 4 aromatic heterocycles. The summed E-state index contributed by atoms with van der Waals surface area (Å²) < 4.78 is 7.62. The van der Waals surface area contributed by atoms with Crippen LogP contribution >= 0.6 is 22.7 Å². The standard InChI is InChI=1S/C40H23N3S2/c1-3-11-24(12-4-1)26-19-22-33-31(23-26)27-20-21-30-37(45-38-29-16-8-10-18-34(29)44-39(30)38)36(27)43(33)40-41-32-17-9-7-15-28(32)35(42-40)25-13-5-2-6-14-25/h1-23H. The first-order valence-electron chi connectivity index (χ1n) is 15.0. The Bertz CT molecular complexity index is 2750. The van der Waals surface area contributed by atoms with Crippen LogP contribution in [0.3, 0.4) is 0 Å². The van der Waals surface area contributed by atoms with Gasteiger partial charge < -0.3 is 0 Å². The fourth-order valence-electron chi connectivity index (χ4n) is 6.76. The maximum atomic E-state index is 5.35. The maximum Gasteiger partial charge on any atom is 0.235 e. The average molecular weight is 610 g/mol. The first-order chi connectivity index (χ1) is 22.3. The zero-order valence-corrected chi connectivity index (χ0v) is 25.6. The lowest BCUT2D eigenvalue weighted by Crippen LogP contribution is -2.03. The van der Waals surface area contributed by atoms with Gasteiger partial charge in [-0.3, -0.25) is 4.57 Å². The second-order valence-corrected chi connectivity index (χ2v) is 13.5. The van der Waals surface area contributed by atoms with Crippen molar-refractivity contribution >= 4 is 85.0 Å². The first-order valence-corrected chi connectivity index (χ1v) is 16.6. The van der Waals surface area contributed by atoms with Crippen molar-refractivity contribution in [2.45, 2.75) is 0 Å². The smallest absolute Gasteiger partial charge is 0.235 e. The van der Waals surface area contributed by atoms with E-state index in [1.54, 1.807) is 0 Å². The Morgan fingerprint density at radius 1 is 0.444 bits per heavy atom. The van der Waals surface area contributed by atoms with Gasteiger partial charge in [-0.05, 0) is 35.4 Å². The van der Waals surface area contributed by atoms with Crippen LogP contribution in [0.1, 0.15) is 0 Å². The Hall–Kier alpha value is -5.36. The first kappa shape index (κ1) is 25.0. The number of aromatic nitrogens is 3. The van der Waals surface area contributed by atoms with Crippen molar-refractivity contribution in [2.75, 3.05) is 0 Å². The molecule has 45 heavy (non-hydrogen) atoms. The Morgan fingerprint density at radius 2 is 1.13 bits per heavy atom.